The number of sulfonamides is 1. The normalized spacial score (nSPS) is 14.4. The van der Waals surface area contributed by atoms with Gasteiger partial charge in [-0.1, -0.05) is 30.3 Å². The number of carbonyl (C=O) groups is 1. The lowest BCUT2D eigenvalue weighted by Gasteiger charge is -2.07. The predicted molar refractivity (Wildman–Crippen MR) is 85.3 cm³/mol. The number of esters is 1. The lowest BCUT2D eigenvalue weighted by molar-refractivity contribution is 0.0472. The fourth-order valence-corrected chi connectivity index (χ4v) is 3.37. The minimum Gasteiger partial charge on any atom is -0.457 e. The number of carbonyl (C=O) groups excluding carboxylic acids is 1. The van der Waals surface area contributed by atoms with Crippen molar-refractivity contribution in [1.29, 1.82) is 0 Å². The van der Waals surface area contributed by atoms with E-state index in [1.54, 1.807) is 0 Å². The maximum absolute atomic E-state index is 12.0. The first-order valence-corrected chi connectivity index (χ1v) is 8.86. The lowest BCUT2D eigenvalue weighted by Crippen LogP contribution is -2.25. The third-order valence-corrected chi connectivity index (χ3v) is 5.05. The highest BCUT2D eigenvalue weighted by molar-refractivity contribution is 7.89. The molecule has 1 fully saturated rings. The molecule has 2 aromatic rings. The van der Waals surface area contributed by atoms with Gasteiger partial charge in [-0.2, -0.15) is 0 Å². The molecule has 5 nitrogen and oxygen atoms in total. The van der Waals surface area contributed by atoms with Crippen LogP contribution in [0.4, 0.5) is 0 Å². The van der Waals surface area contributed by atoms with Crippen molar-refractivity contribution in [1.82, 2.24) is 4.72 Å². The molecule has 1 saturated carbocycles. The molecule has 0 saturated heterocycles. The minimum atomic E-state index is -3.50. The van der Waals surface area contributed by atoms with Crippen molar-refractivity contribution in [2.75, 3.05) is 0 Å². The Hall–Kier alpha value is -2.18. The van der Waals surface area contributed by atoms with E-state index in [1.165, 1.54) is 24.3 Å². The molecule has 0 radical (unpaired) electrons. The maximum Gasteiger partial charge on any atom is 0.338 e. The number of benzene rings is 2. The monoisotopic (exact) mass is 331 g/mol. The van der Waals surface area contributed by atoms with E-state index in [4.69, 9.17) is 4.74 Å². The molecule has 3 rings (SSSR count). The summed E-state index contributed by atoms with van der Waals surface area (Å²) >= 11 is 0. The summed E-state index contributed by atoms with van der Waals surface area (Å²) in [6.45, 7) is 0.183. The molecular weight excluding hydrogens is 314 g/mol. The third kappa shape index (κ3) is 4.18. The van der Waals surface area contributed by atoms with Crippen LogP contribution >= 0.6 is 0 Å². The summed E-state index contributed by atoms with van der Waals surface area (Å²) in [7, 11) is -3.50. The molecule has 120 valence electrons. The molecule has 0 atom stereocenters. The first-order chi connectivity index (χ1) is 11.0. The number of rotatable bonds is 6. The minimum absolute atomic E-state index is 0.0514. The third-order valence-electron chi connectivity index (χ3n) is 3.51. The van der Waals surface area contributed by atoms with E-state index in [2.05, 4.69) is 4.72 Å². The van der Waals surface area contributed by atoms with E-state index >= 15 is 0 Å². The van der Waals surface area contributed by atoms with Crippen LogP contribution in [0.5, 0.6) is 0 Å². The van der Waals surface area contributed by atoms with Crippen LogP contribution in [0.3, 0.4) is 0 Å². The van der Waals surface area contributed by atoms with Crippen LogP contribution in [0.1, 0.15) is 28.8 Å². The van der Waals surface area contributed by atoms with E-state index in [9.17, 15) is 13.2 Å². The Balaban J connectivity index is 1.63. The molecular formula is C17H17NO4S. The van der Waals surface area contributed by atoms with E-state index < -0.39 is 16.0 Å². The second kappa shape index (κ2) is 6.52. The summed E-state index contributed by atoms with van der Waals surface area (Å²) in [5.41, 5.74) is 1.22. The van der Waals surface area contributed by atoms with Crippen molar-refractivity contribution in [2.45, 2.75) is 30.4 Å². The quantitative estimate of drug-likeness (QED) is 0.826. The van der Waals surface area contributed by atoms with Crippen LogP contribution in [0, 0.1) is 0 Å². The van der Waals surface area contributed by atoms with E-state index in [-0.39, 0.29) is 17.5 Å². The Labute approximate surface area is 135 Å². The lowest BCUT2D eigenvalue weighted by atomic mass is 10.2. The summed E-state index contributed by atoms with van der Waals surface area (Å²) in [5.74, 6) is -0.479. The highest BCUT2D eigenvalue weighted by Gasteiger charge is 2.27. The molecule has 0 unspecified atom stereocenters. The van der Waals surface area contributed by atoms with E-state index in [0.717, 1.165) is 18.4 Å². The molecule has 1 N–H and O–H groups in total. The van der Waals surface area contributed by atoms with Crippen LogP contribution in [-0.2, 0) is 21.4 Å². The fourth-order valence-electron chi connectivity index (χ4n) is 2.07. The molecule has 0 amide bonds. The number of nitrogens with one attached hydrogen (secondary N) is 1. The zero-order valence-corrected chi connectivity index (χ0v) is 13.3. The van der Waals surface area contributed by atoms with Gasteiger partial charge < -0.3 is 4.74 Å². The Bertz CT molecular complexity index is 781. The highest BCUT2D eigenvalue weighted by atomic mass is 32.2. The number of hydrogen-bond donors (Lipinski definition) is 1. The highest BCUT2D eigenvalue weighted by Crippen LogP contribution is 2.22. The number of hydrogen-bond acceptors (Lipinski definition) is 4. The van der Waals surface area contributed by atoms with Gasteiger partial charge in [-0.25, -0.2) is 17.9 Å². The van der Waals surface area contributed by atoms with Gasteiger partial charge in [-0.15, -0.1) is 0 Å². The second-order valence-electron chi connectivity index (χ2n) is 5.48. The first kappa shape index (κ1) is 15.7. The zero-order valence-electron chi connectivity index (χ0n) is 12.4. The molecule has 1 aliphatic carbocycles. The smallest absolute Gasteiger partial charge is 0.338 e. The first-order valence-electron chi connectivity index (χ1n) is 7.38. The average molecular weight is 331 g/mol. The molecule has 0 aliphatic heterocycles. The topological polar surface area (TPSA) is 72.5 Å². The van der Waals surface area contributed by atoms with Crippen LogP contribution < -0.4 is 4.72 Å². The summed E-state index contributed by atoms with van der Waals surface area (Å²) in [6.07, 6.45) is 1.76. The SMILES string of the molecule is O=C(OCc1ccccc1)c1ccc(S(=O)(=O)NC2CC2)cc1. The van der Waals surface area contributed by atoms with Gasteiger partial charge in [-0.05, 0) is 42.7 Å². The van der Waals surface area contributed by atoms with Gasteiger partial charge in [-0.3, -0.25) is 0 Å². The van der Waals surface area contributed by atoms with Crippen molar-refractivity contribution >= 4 is 16.0 Å². The van der Waals surface area contributed by atoms with Crippen LogP contribution in [0.15, 0.2) is 59.5 Å². The molecule has 23 heavy (non-hydrogen) atoms. The van der Waals surface area contributed by atoms with Crippen molar-refractivity contribution in [3.8, 4) is 0 Å². The zero-order chi connectivity index (χ0) is 16.3. The molecule has 1 aliphatic rings. The summed E-state index contributed by atoms with van der Waals surface area (Å²) in [4.78, 5) is 12.1. The molecule has 0 bridgehead atoms. The van der Waals surface area contributed by atoms with Gasteiger partial charge in [0.2, 0.25) is 10.0 Å². The summed E-state index contributed by atoms with van der Waals surface area (Å²) in [6, 6.07) is 15.2. The molecule has 2 aromatic carbocycles. The van der Waals surface area contributed by atoms with Gasteiger partial charge in [0.15, 0.2) is 0 Å². The van der Waals surface area contributed by atoms with Gasteiger partial charge in [0.05, 0.1) is 10.5 Å². The molecule has 0 aromatic heterocycles. The van der Waals surface area contributed by atoms with Crippen LogP contribution in [-0.4, -0.2) is 20.4 Å². The van der Waals surface area contributed by atoms with Crippen molar-refractivity contribution in [2.24, 2.45) is 0 Å². The van der Waals surface area contributed by atoms with Gasteiger partial charge in [0.1, 0.15) is 6.61 Å². The largest absolute Gasteiger partial charge is 0.457 e. The van der Waals surface area contributed by atoms with Crippen molar-refractivity contribution in [3.63, 3.8) is 0 Å². The Kier molecular flexibility index (Phi) is 4.45. The van der Waals surface area contributed by atoms with Crippen molar-refractivity contribution in [3.05, 3.63) is 65.7 Å². The Morgan fingerprint density at radius 1 is 1.04 bits per heavy atom. The second-order valence-corrected chi connectivity index (χ2v) is 7.20. The summed E-state index contributed by atoms with van der Waals surface area (Å²) in [5, 5.41) is 0. The standard InChI is InChI=1S/C17H17NO4S/c19-17(22-12-13-4-2-1-3-5-13)14-6-10-16(11-7-14)23(20,21)18-15-8-9-15/h1-7,10-11,15,18H,8-9,12H2. The van der Waals surface area contributed by atoms with Crippen molar-refractivity contribution < 1.29 is 17.9 Å². The van der Waals surface area contributed by atoms with Gasteiger partial charge in [0, 0.05) is 6.04 Å². The fraction of sp³-hybridized carbons (Fsp3) is 0.235. The number of ether oxygens (including phenoxy) is 1. The van der Waals surface area contributed by atoms with E-state index in [1.807, 2.05) is 30.3 Å². The average Bonchev–Trinajstić information content (AvgIpc) is 3.37. The molecule has 0 spiro atoms. The summed E-state index contributed by atoms with van der Waals surface area (Å²) < 4.78 is 31.9. The predicted octanol–water partition coefficient (Wildman–Crippen LogP) is 2.48. The van der Waals surface area contributed by atoms with Crippen LogP contribution in [0.2, 0.25) is 0 Å². The van der Waals surface area contributed by atoms with Gasteiger partial charge >= 0.3 is 5.97 Å². The van der Waals surface area contributed by atoms with Crippen LogP contribution in [0.25, 0.3) is 0 Å². The molecule has 6 heteroatoms. The van der Waals surface area contributed by atoms with E-state index in [0.29, 0.717) is 5.56 Å². The Morgan fingerprint density at radius 3 is 2.30 bits per heavy atom. The molecule has 0 heterocycles. The van der Waals surface area contributed by atoms with Gasteiger partial charge in [0.25, 0.3) is 0 Å². The maximum atomic E-state index is 12.0. The Morgan fingerprint density at radius 2 is 1.70 bits per heavy atom.